The maximum Gasteiger partial charge on any atom is 0.136 e. The number of benzene rings is 2. The van der Waals surface area contributed by atoms with Crippen LogP contribution in [-0.2, 0) is 0 Å². The number of nitrogens with zero attached hydrogens (tertiary/aromatic N) is 2. The Hall–Kier alpha value is -2.88. The Kier molecular flexibility index (Phi) is 3.78. The summed E-state index contributed by atoms with van der Waals surface area (Å²) in [6, 6.07) is 17.5. The van der Waals surface area contributed by atoms with Crippen molar-refractivity contribution < 1.29 is 4.74 Å². The van der Waals surface area contributed by atoms with E-state index in [9.17, 15) is 0 Å². The maximum atomic E-state index is 5.75. The van der Waals surface area contributed by atoms with Crippen LogP contribution in [0.15, 0.2) is 67.1 Å². The Morgan fingerprint density at radius 1 is 0.905 bits per heavy atom. The first-order valence-electron chi connectivity index (χ1n) is 6.68. The summed E-state index contributed by atoms with van der Waals surface area (Å²) in [6.07, 6.45) is 3.31. The first-order valence-corrected chi connectivity index (χ1v) is 6.68. The minimum absolute atomic E-state index is 0.797. The van der Waals surface area contributed by atoms with Crippen LogP contribution >= 0.6 is 0 Å². The molecule has 0 radical (unpaired) electrons. The number of ether oxygens (including phenoxy) is 1. The van der Waals surface area contributed by atoms with E-state index in [2.05, 4.69) is 15.3 Å². The van der Waals surface area contributed by atoms with Gasteiger partial charge in [0.1, 0.15) is 23.6 Å². The summed E-state index contributed by atoms with van der Waals surface area (Å²) in [4.78, 5) is 8.19. The summed E-state index contributed by atoms with van der Waals surface area (Å²) in [6.45, 7) is 1.97. The van der Waals surface area contributed by atoms with Gasteiger partial charge in [-0.2, -0.15) is 0 Å². The van der Waals surface area contributed by atoms with Gasteiger partial charge in [0, 0.05) is 17.4 Å². The molecule has 0 atom stereocenters. The molecule has 0 saturated carbocycles. The predicted molar refractivity (Wildman–Crippen MR) is 83.0 cm³/mol. The number of para-hydroxylation sites is 1. The molecular formula is C17H15N3O. The van der Waals surface area contributed by atoms with E-state index < -0.39 is 0 Å². The molecule has 0 amide bonds. The third-order valence-corrected chi connectivity index (χ3v) is 2.99. The van der Waals surface area contributed by atoms with Gasteiger partial charge in [0.15, 0.2) is 0 Å². The molecule has 0 spiro atoms. The molecule has 0 fully saturated rings. The quantitative estimate of drug-likeness (QED) is 0.771. The van der Waals surface area contributed by atoms with E-state index in [1.807, 2.05) is 61.5 Å². The van der Waals surface area contributed by atoms with Crippen molar-refractivity contribution in [2.24, 2.45) is 0 Å². The zero-order chi connectivity index (χ0) is 14.5. The molecule has 3 rings (SSSR count). The average molecular weight is 277 g/mol. The van der Waals surface area contributed by atoms with Gasteiger partial charge < -0.3 is 10.1 Å². The minimum atomic E-state index is 0.797. The molecule has 4 nitrogen and oxygen atoms in total. The fraction of sp³-hybridized carbons (Fsp3) is 0.0588. The lowest BCUT2D eigenvalue weighted by Crippen LogP contribution is -1.96. The molecule has 0 bridgehead atoms. The molecule has 21 heavy (non-hydrogen) atoms. The van der Waals surface area contributed by atoms with E-state index in [0.29, 0.717) is 0 Å². The van der Waals surface area contributed by atoms with Gasteiger partial charge >= 0.3 is 0 Å². The fourth-order valence-electron chi connectivity index (χ4n) is 1.90. The number of hydrogen-bond acceptors (Lipinski definition) is 4. The molecule has 0 saturated heterocycles. The van der Waals surface area contributed by atoms with Gasteiger partial charge in [-0.3, -0.25) is 0 Å². The zero-order valence-corrected chi connectivity index (χ0v) is 11.7. The Balaban J connectivity index is 1.71. The van der Waals surface area contributed by atoms with Gasteiger partial charge in [-0.05, 0) is 43.3 Å². The second-order valence-corrected chi connectivity index (χ2v) is 4.62. The Morgan fingerprint density at radius 3 is 2.33 bits per heavy atom. The second-order valence-electron chi connectivity index (χ2n) is 4.62. The molecule has 1 heterocycles. The number of rotatable bonds is 4. The van der Waals surface area contributed by atoms with Gasteiger partial charge in [-0.1, -0.05) is 18.2 Å². The summed E-state index contributed by atoms with van der Waals surface area (Å²) in [5, 5.41) is 3.26. The van der Waals surface area contributed by atoms with Crippen molar-refractivity contribution >= 4 is 11.5 Å². The Bertz CT molecular complexity index is 712. The van der Waals surface area contributed by atoms with Crippen molar-refractivity contribution in [3.63, 3.8) is 0 Å². The molecule has 0 aliphatic carbocycles. The smallest absolute Gasteiger partial charge is 0.136 e. The summed E-state index contributed by atoms with van der Waals surface area (Å²) in [7, 11) is 0. The summed E-state index contributed by atoms with van der Waals surface area (Å²) in [5.74, 6) is 2.43. The molecule has 3 aromatic rings. The molecule has 2 aromatic carbocycles. The fourth-order valence-corrected chi connectivity index (χ4v) is 1.90. The van der Waals surface area contributed by atoms with Gasteiger partial charge in [-0.25, -0.2) is 9.97 Å². The van der Waals surface area contributed by atoms with Crippen molar-refractivity contribution in [1.29, 1.82) is 0 Å². The van der Waals surface area contributed by atoms with E-state index in [-0.39, 0.29) is 0 Å². The lowest BCUT2D eigenvalue weighted by molar-refractivity contribution is 0.483. The summed E-state index contributed by atoms with van der Waals surface area (Å²) >= 11 is 0. The normalized spacial score (nSPS) is 10.1. The number of anilines is 2. The van der Waals surface area contributed by atoms with Crippen LogP contribution in [0.2, 0.25) is 0 Å². The van der Waals surface area contributed by atoms with E-state index in [1.54, 1.807) is 6.20 Å². The lowest BCUT2D eigenvalue weighted by atomic mass is 10.2. The number of nitrogens with one attached hydrogen (secondary N) is 1. The monoisotopic (exact) mass is 277 g/mol. The number of aromatic nitrogens is 2. The van der Waals surface area contributed by atoms with E-state index in [4.69, 9.17) is 4.74 Å². The minimum Gasteiger partial charge on any atom is -0.457 e. The molecule has 1 aromatic heterocycles. The topological polar surface area (TPSA) is 47.0 Å². The van der Waals surface area contributed by atoms with Crippen LogP contribution in [0.3, 0.4) is 0 Å². The van der Waals surface area contributed by atoms with Crippen molar-refractivity contribution in [3.8, 4) is 11.5 Å². The highest BCUT2D eigenvalue weighted by atomic mass is 16.5. The number of aryl methyl sites for hydroxylation is 1. The second kappa shape index (κ2) is 6.05. The first kappa shape index (κ1) is 13.1. The molecule has 104 valence electrons. The van der Waals surface area contributed by atoms with Crippen LogP contribution < -0.4 is 10.1 Å². The van der Waals surface area contributed by atoms with Gasteiger partial charge in [0.2, 0.25) is 0 Å². The van der Waals surface area contributed by atoms with Crippen LogP contribution in [-0.4, -0.2) is 9.97 Å². The highest BCUT2D eigenvalue weighted by molar-refractivity contribution is 5.59. The third-order valence-electron chi connectivity index (χ3n) is 2.99. The largest absolute Gasteiger partial charge is 0.457 e. The molecule has 0 aliphatic rings. The van der Waals surface area contributed by atoms with Gasteiger partial charge in [0.05, 0.1) is 0 Å². The van der Waals surface area contributed by atoms with Crippen LogP contribution in [0.25, 0.3) is 0 Å². The molecule has 0 unspecified atom stereocenters. The summed E-state index contributed by atoms with van der Waals surface area (Å²) in [5.41, 5.74) is 1.96. The number of hydrogen-bond donors (Lipinski definition) is 1. The average Bonchev–Trinajstić information content (AvgIpc) is 2.52. The first-order chi connectivity index (χ1) is 10.3. The molecule has 4 heteroatoms. The van der Waals surface area contributed by atoms with E-state index in [0.717, 1.165) is 28.6 Å². The maximum absolute atomic E-state index is 5.75. The van der Waals surface area contributed by atoms with Crippen LogP contribution in [0, 0.1) is 6.92 Å². The molecule has 0 aliphatic heterocycles. The van der Waals surface area contributed by atoms with Crippen molar-refractivity contribution in [1.82, 2.24) is 9.97 Å². The predicted octanol–water partition coefficient (Wildman–Crippen LogP) is 4.32. The Morgan fingerprint density at radius 2 is 1.62 bits per heavy atom. The molecule has 1 N–H and O–H groups in total. The van der Waals surface area contributed by atoms with Gasteiger partial charge in [0.25, 0.3) is 0 Å². The Labute approximate surface area is 123 Å². The highest BCUT2D eigenvalue weighted by Crippen LogP contribution is 2.24. The van der Waals surface area contributed by atoms with Crippen molar-refractivity contribution in [2.75, 3.05) is 5.32 Å². The summed E-state index contributed by atoms with van der Waals surface area (Å²) < 4.78 is 5.75. The van der Waals surface area contributed by atoms with E-state index >= 15 is 0 Å². The molecular weight excluding hydrogens is 262 g/mol. The third kappa shape index (κ3) is 3.36. The highest BCUT2D eigenvalue weighted by Gasteiger charge is 2.01. The van der Waals surface area contributed by atoms with Gasteiger partial charge in [-0.15, -0.1) is 0 Å². The van der Waals surface area contributed by atoms with E-state index in [1.165, 1.54) is 6.33 Å². The van der Waals surface area contributed by atoms with Crippen molar-refractivity contribution in [3.05, 3.63) is 72.7 Å². The zero-order valence-electron chi connectivity index (χ0n) is 11.7. The SMILES string of the molecule is Cc1cncnc1Nc1ccc(Oc2ccccc2)cc1. The van der Waals surface area contributed by atoms with Crippen LogP contribution in [0.1, 0.15) is 5.56 Å². The lowest BCUT2D eigenvalue weighted by Gasteiger charge is -2.09. The van der Waals surface area contributed by atoms with Crippen LogP contribution in [0.4, 0.5) is 11.5 Å². The van der Waals surface area contributed by atoms with Crippen LogP contribution in [0.5, 0.6) is 11.5 Å². The standard InChI is InChI=1S/C17H15N3O/c1-13-11-18-12-19-17(13)20-14-7-9-16(10-8-14)21-15-5-3-2-4-6-15/h2-12H,1H3,(H,18,19,20). The van der Waals surface area contributed by atoms with Crippen molar-refractivity contribution in [2.45, 2.75) is 6.92 Å².